The van der Waals surface area contributed by atoms with E-state index in [1.165, 1.54) is 58.2 Å². The average molecular weight is 196 g/mol. The second-order valence-electron chi connectivity index (χ2n) is 5.13. The van der Waals surface area contributed by atoms with E-state index in [9.17, 15) is 0 Å². The molecule has 1 saturated carbocycles. The van der Waals surface area contributed by atoms with Crippen LogP contribution in [0.1, 0.15) is 45.4 Å². The first-order chi connectivity index (χ1) is 6.85. The second kappa shape index (κ2) is 4.63. The largest absolute Gasteiger partial charge is 0.315 e. The van der Waals surface area contributed by atoms with Crippen molar-refractivity contribution in [3.8, 4) is 0 Å². The summed E-state index contributed by atoms with van der Waals surface area (Å²) < 4.78 is 0. The van der Waals surface area contributed by atoms with Gasteiger partial charge in [0.25, 0.3) is 0 Å². The summed E-state index contributed by atoms with van der Waals surface area (Å²) in [5.41, 5.74) is 0.703. The van der Waals surface area contributed by atoms with E-state index in [2.05, 4.69) is 17.6 Å². The molecule has 2 nitrogen and oxygen atoms in total. The molecule has 0 radical (unpaired) electrons. The third kappa shape index (κ3) is 2.71. The monoisotopic (exact) mass is 196 g/mol. The first kappa shape index (κ1) is 10.4. The summed E-state index contributed by atoms with van der Waals surface area (Å²) in [6.45, 7) is 5.99. The third-order valence-electron chi connectivity index (χ3n) is 4.01. The normalized spacial score (nSPS) is 30.2. The van der Waals surface area contributed by atoms with Gasteiger partial charge in [-0.3, -0.25) is 0 Å². The standard InChI is InChI=1S/C12H24N2/c1-2-12(6-7-12)10-13-9-11-5-3-4-8-14-11/h11,13-14H,2-10H2,1H3. The topological polar surface area (TPSA) is 24.1 Å². The van der Waals surface area contributed by atoms with Gasteiger partial charge >= 0.3 is 0 Å². The van der Waals surface area contributed by atoms with Gasteiger partial charge in [0, 0.05) is 19.1 Å². The van der Waals surface area contributed by atoms with Gasteiger partial charge in [-0.25, -0.2) is 0 Å². The summed E-state index contributed by atoms with van der Waals surface area (Å²) in [6, 6.07) is 0.747. The Bertz CT molecular complexity index is 169. The van der Waals surface area contributed by atoms with Crippen molar-refractivity contribution in [2.75, 3.05) is 19.6 Å². The summed E-state index contributed by atoms with van der Waals surface area (Å²) >= 11 is 0. The van der Waals surface area contributed by atoms with Crippen LogP contribution in [0.3, 0.4) is 0 Å². The van der Waals surface area contributed by atoms with E-state index in [0.29, 0.717) is 5.41 Å². The maximum atomic E-state index is 3.65. The Morgan fingerprint density at radius 2 is 2.21 bits per heavy atom. The van der Waals surface area contributed by atoms with Crippen molar-refractivity contribution < 1.29 is 0 Å². The summed E-state index contributed by atoms with van der Waals surface area (Å²) in [5, 5.41) is 7.23. The fourth-order valence-electron chi connectivity index (χ4n) is 2.44. The zero-order chi connectivity index (χ0) is 9.86. The minimum absolute atomic E-state index is 0.703. The maximum Gasteiger partial charge on any atom is 0.0192 e. The molecule has 1 atom stereocenters. The highest BCUT2D eigenvalue weighted by Gasteiger charge is 2.39. The molecule has 1 saturated heterocycles. The van der Waals surface area contributed by atoms with Crippen LogP contribution in [-0.2, 0) is 0 Å². The number of piperidine rings is 1. The fourth-order valence-corrected chi connectivity index (χ4v) is 2.44. The Morgan fingerprint density at radius 1 is 1.36 bits per heavy atom. The second-order valence-corrected chi connectivity index (χ2v) is 5.13. The van der Waals surface area contributed by atoms with Gasteiger partial charge in [-0.05, 0) is 44.1 Å². The van der Waals surface area contributed by atoms with Gasteiger partial charge in [0.1, 0.15) is 0 Å². The van der Waals surface area contributed by atoms with Crippen LogP contribution < -0.4 is 10.6 Å². The van der Waals surface area contributed by atoms with Gasteiger partial charge in [0.05, 0.1) is 0 Å². The van der Waals surface area contributed by atoms with Gasteiger partial charge in [-0.15, -0.1) is 0 Å². The molecule has 1 heterocycles. The number of nitrogens with one attached hydrogen (secondary N) is 2. The molecule has 0 amide bonds. The first-order valence-corrected chi connectivity index (χ1v) is 6.29. The third-order valence-corrected chi connectivity index (χ3v) is 4.01. The van der Waals surface area contributed by atoms with E-state index in [1.807, 2.05) is 0 Å². The average Bonchev–Trinajstić information content (AvgIpc) is 3.00. The number of rotatable bonds is 5. The van der Waals surface area contributed by atoms with Crippen molar-refractivity contribution in [1.82, 2.24) is 10.6 Å². The molecule has 82 valence electrons. The molecule has 2 fully saturated rings. The van der Waals surface area contributed by atoms with Gasteiger partial charge in [0.2, 0.25) is 0 Å². The number of hydrogen-bond donors (Lipinski definition) is 2. The smallest absolute Gasteiger partial charge is 0.0192 e. The minimum Gasteiger partial charge on any atom is -0.315 e. The maximum absolute atomic E-state index is 3.65. The van der Waals surface area contributed by atoms with Crippen LogP contribution in [0.15, 0.2) is 0 Å². The van der Waals surface area contributed by atoms with E-state index < -0.39 is 0 Å². The lowest BCUT2D eigenvalue weighted by Crippen LogP contribution is -2.43. The van der Waals surface area contributed by atoms with Crippen LogP contribution >= 0.6 is 0 Å². The molecule has 2 aliphatic rings. The van der Waals surface area contributed by atoms with E-state index in [4.69, 9.17) is 0 Å². The van der Waals surface area contributed by atoms with Gasteiger partial charge < -0.3 is 10.6 Å². The molecule has 1 unspecified atom stereocenters. The molecule has 0 spiro atoms. The van der Waals surface area contributed by atoms with Crippen molar-refractivity contribution in [3.63, 3.8) is 0 Å². The lowest BCUT2D eigenvalue weighted by Gasteiger charge is -2.24. The van der Waals surface area contributed by atoms with Crippen molar-refractivity contribution in [2.24, 2.45) is 5.41 Å². The summed E-state index contributed by atoms with van der Waals surface area (Å²) in [6.07, 6.45) is 8.42. The van der Waals surface area contributed by atoms with Gasteiger partial charge in [0.15, 0.2) is 0 Å². The fraction of sp³-hybridized carbons (Fsp3) is 1.00. The molecule has 0 aromatic rings. The molecule has 1 aliphatic heterocycles. The lowest BCUT2D eigenvalue weighted by atomic mass is 10.0. The predicted molar refractivity (Wildman–Crippen MR) is 60.5 cm³/mol. The molecule has 2 N–H and O–H groups in total. The predicted octanol–water partition coefficient (Wildman–Crippen LogP) is 1.91. The summed E-state index contributed by atoms with van der Waals surface area (Å²) in [5.74, 6) is 0. The van der Waals surface area contributed by atoms with Crippen molar-refractivity contribution in [2.45, 2.75) is 51.5 Å². The Kier molecular flexibility index (Phi) is 3.45. The Hall–Kier alpha value is -0.0800. The van der Waals surface area contributed by atoms with Crippen molar-refractivity contribution >= 4 is 0 Å². The van der Waals surface area contributed by atoms with Crippen molar-refractivity contribution in [1.29, 1.82) is 0 Å². The van der Waals surface area contributed by atoms with Crippen LogP contribution in [0.4, 0.5) is 0 Å². The van der Waals surface area contributed by atoms with Gasteiger partial charge in [-0.1, -0.05) is 13.3 Å². The SMILES string of the molecule is CCC1(CNCC2CCCCN2)CC1. The van der Waals surface area contributed by atoms with E-state index >= 15 is 0 Å². The molecule has 2 heteroatoms. The first-order valence-electron chi connectivity index (χ1n) is 6.29. The molecular weight excluding hydrogens is 172 g/mol. The molecule has 14 heavy (non-hydrogen) atoms. The van der Waals surface area contributed by atoms with E-state index in [1.54, 1.807) is 0 Å². The molecule has 0 bridgehead atoms. The minimum atomic E-state index is 0.703. The van der Waals surface area contributed by atoms with Crippen molar-refractivity contribution in [3.05, 3.63) is 0 Å². The van der Waals surface area contributed by atoms with Crippen LogP contribution in [0.2, 0.25) is 0 Å². The van der Waals surface area contributed by atoms with Crippen LogP contribution in [-0.4, -0.2) is 25.7 Å². The van der Waals surface area contributed by atoms with Crippen LogP contribution in [0.5, 0.6) is 0 Å². The molecule has 0 aromatic carbocycles. The summed E-state index contributed by atoms with van der Waals surface area (Å²) in [4.78, 5) is 0. The zero-order valence-electron chi connectivity index (χ0n) is 9.44. The summed E-state index contributed by atoms with van der Waals surface area (Å²) in [7, 11) is 0. The lowest BCUT2D eigenvalue weighted by molar-refractivity contribution is 0.361. The highest BCUT2D eigenvalue weighted by molar-refractivity contribution is 4.93. The number of hydrogen-bond acceptors (Lipinski definition) is 2. The van der Waals surface area contributed by atoms with Crippen LogP contribution in [0.25, 0.3) is 0 Å². The molecular formula is C12H24N2. The molecule has 2 rings (SSSR count). The Balaban J connectivity index is 1.58. The van der Waals surface area contributed by atoms with Gasteiger partial charge in [-0.2, -0.15) is 0 Å². The van der Waals surface area contributed by atoms with Crippen LogP contribution in [0, 0.1) is 5.41 Å². The molecule has 0 aromatic heterocycles. The van der Waals surface area contributed by atoms with E-state index in [-0.39, 0.29) is 0 Å². The highest BCUT2D eigenvalue weighted by Crippen LogP contribution is 2.47. The molecule has 1 aliphatic carbocycles. The highest BCUT2D eigenvalue weighted by atomic mass is 15.0. The van der Waals surface area contributed by atoms with E-state index in [0.717, 1.165) is 6.04 Å². The quantitative estimate of drug-likeness (QED) is 0.702. The Morgan fingerprint density at radius 3 is 2.79 bits per heavy atom. The zero-order valence-corrected chi connectivity index (χ0v) is 9.44. The Labute approximate surface area is 87.8 Å².